The van der Waals surface area contributed by atoms with Gasteiger partial charge >= 0.3 is 0 Å². The van der Waals surface area contributed by atoms with Gasteiger partial charge in [0.1, 0.15) is 12.1 Å². The summed E-state index contributed by atoms with van der Waals surface area (Å²) in [6.07, 6.45) is 8.36. The van der Waals surface area contributed by atoms with E-state index in [0.717, 1.165) is 16.9 Å². The summed E-state index contributed by atoms with van der Waals surface area (Å²) in [5.74, 6) is 2.89. The van der Waals surface area contributed by atoms with Crippen LogP contribution in [0, 0.1) is 12.3 Å². The fourth-order valence-corrected chi connectivity index (χ4v) is 4.44. The van der Waals surface area contributed by atoms with Crippen molar-refractivity contribution in [3.05, 3.63) is 42.4 Å². The summed E-state index contributed by atoms with van der Waals surface area (Å²) in [7, 11) is -1.86. The molecule has 31 heavy (non-hydrogen) atoms. The predicted octanol–water partition coefficient (Wildman–Crippen LogP) is 0.237. The van der Waals surface area contributed by atoms with Crippen LogP contribution in [0.25, 0.3) is 11.0 Å². The molecule has 2 aromatic heterocycles. The average molecular weight is 440 g/mol. The van der Waals surface area contributed by atoms with Gasteiger partial charge in [0.25, 0.3) is 5.91 Å². The fraction of sp³-hybridized carbons (Fsp3) is 0.300. The molecule has 11 heteroatoms. The van der Waals surface area contributed by atoms with Gasteiger partial charge in [-0.05, 0) is 24.3 Å². The predicted molar refractivity (Wildman–Crippen MR) is 115 cm³/mol. The van der Waals surface area contributed by atoms with Crippen LogP contribution in [0.1, 0.15) is 10.4 Å². The van der Waals surface area contributed by atoms with Crippen molar-refractivity contribution in [1.82, 2.24) is 29.4 Å². The Morgan fingerprint density at radius 2 is 1.87 bits per heavy atom. The summed E-state index contributed by atoms with van der Waals surface area (Å²) in [5, 5.41) is 5.12. The Balaban J connectivity index is 1.43. The van der Waals surface area contributed by atoms with Crippen molar-refractivity contribution in [3.63, 3.8) is 0 Å². The van der Waals surface area contributed by atoms with E-state index in [4.69, 9.17) is 6.42 Å². The van der Waals surface area contributed by atoms with E-state index < -0.39 is 10.0 Å². The van der Waals surface area contributed by atoms with Crippen molar-refractivity contribution in [1.29, 1.82) is 0 Å². The highest BCUT2D eigenvalue weighted by Gasteiger charge is 2.25. The number of carbonyl (C=O) groups is 1. The minimum atomic E-state index is -3.69. The molecule has 1 aliphatic heterocycles. The van der Waals surface area contributed by atoms with Gasteiger partial charge in [-0.2, -0.15) is 9.82 Å². The molecule has 0 spiro atoms. The summed E-state index contributed by atoms with van der Waals surface area (Å²) < 4.78 is 28.2. The topological polar surface area (TPSA) is 113 Å². The molecule has 160 valence electrons. The first-order valence-electron chi connectivity index (χ1n) is 9.61. The summed E-state index contributed by atoms with van der Waals surface area (Å²) >= 11 is 0. The number of hydrogen-bond donors (Lipinski definition) is 1. The first kappa shape index (κ1) is 20.8. The molecule has 0 bridgehead atoms. The largest absolute Gasteiger partial charge is 0.352 e. The molecule has 1 N–H and O–H groups in total. The van der Waals surface area contributed by atoms with Gasteiger partial charge in [-0.3, -0.25) is 9.48 Å². The Morgan fingerprint density at radius 3 is 2.55 bits per heavy atom. The number of benzene rings is 1. The van der Waals surface area contributed by atoms with Crippen molar-refractivity contribution in [3.8, 4) is 12.3 Å². The summed E-state index contributed by atoms with van der Waals surface area (Å²) in [6, 6.07) is 5.84. The second-order valence-electron chi connectivity index (χ2n) is 7.04. The maximum Gasteiger partial charge on any atom is 0.253 e. The molecule has 0 aliphatic carbocycles. The molecular weight excluding hydrogens is 418 g/mol. The maximum atomic E-state index is 12.9. The second-order valence-corrected chi connectivity index (χ2v) is 8.80. The van der Waals surface area contributed by atoms with Gasteiger partial charge < -0.3 is 9.80 Å². The van der Waals surface area contributed by atoms with E-state index in [-0.39, 0.29) is 17.3 Å². The van der Waals surface area contributed by atoms with Crippen molar-refractivity contribution >= 4 is 32.8 Å². The third-order valence-electron chi connectivity index (χ3n) is 5.15. The van der Waals surface area contributed by atoms with E-state index in [1.165, 1.54) is 30.6 Å². The number of nitrogens with one attached hydrogen (secondary N) is 1. The fourth-order valence-electron chi connectivity index (χ4n) is 3.50. The van der Waals surface area contributed by atoms with Crippen LogP contribution in [0.15, 0.2) is 41.7 Å². The van der Waals surface area contributed by atoms with Crippen LogP contribution < -0.4 is 9.62 Å². The van der Waals surface area contributed by atoms with E-state index >= 15 is 0 Å². The van der Waals surface area contributed by atoms with Crippen LogP contribution in [-0.2, 0) is 17.1 Å². The average Bonchev–Trinajstić information content (AvgIpc) is 3.18. The highest BCUT2D eigenvalue weighted by molar-refractivity contribution is 7.89. The van der Waals surface area contributed by atoms with Gasteiger partial charge in [-0.1, -0.05) is 5.92 Å². The Labute approximate surface area is 179 Å². The third kappa shape index (κ3) is 4.08. The SMILES string of the molecule is C#CCNS(=O)(=O)c1ccc(C(=O)N2CCN(c3ncnc4c3cnn4C)CC2)cc1. The lowest BCUT2D eigenvalue weighted by atomic mass is 10.2. The molecule has 0 unspecified atom stereocenters. The highest BCUT2D eigenvalue weighted by Crippen LogP contribution is 2.23. The second kappa shape index (κ2) is 8.33. The normalized spacial score (nSPS) is 14.6. The minimum absolute atomic E-state index is 0.0633. The molecular formula is C20H21N7O3S. The van der Waals surface area contributed by atoms with Crippen LogP contribution in [-0.4, -0.2) is 71.7 Å². The van der Waals surface area contributed by atoms with Gasteiger partial charge in [0.2, 0.25) is 10.0 Å². The number of nitrogens with zero attached hydrogens (tertiary/aromatic N) is 6. The maximum absolute atomic E-state index is 12.9. The Bertz CT molecular complexity index is 1250. The van der Waals surface area contributed by atoms with Gasteiger partial charge in [0.05, 0.1) is 23.0 Å². The minimum Gasteiger partial charge on any atom is -0.352 e. The van der Waals surface area contributed by atoms with E-state index in [0.29, 0.717) is 31.7 Å². The molecule has 1 amide bonds. The highest BCUT2D eigenvalue weighted by atomic mass is 32.2. The molecule has 1 aromatic carbocycles. The van der Waals surface area contributed by atoms with Gasteiger partial charge in [0.15, 0.2) is 5.65 Å². The molecule has 1 aliphatic rings. The standard InChI is InChI=1S/C20H21N7O3S/c1-3-8-24-31(29,30)16-6-4-15(5-7-16)20(28)27-11-9-26(10-12-27)19-17-13-23-25(2)18(17)21-14-22-19/h1,4-7,13-14,24H,8-12H2,2H3. The number of sulfonamides is 1. The van der Waals surface area contributed by atoms with Crippen LogP contribution >= 0.6 is 0 Å². The van der Waals surface area contributed by atoms with Crippen LogP contribution in [0.5, 0.6) is 0 Å². The van der Waals surface area contributed by atoms with E-state index in [1.54, 1.807) is 15.8 Å². The van der Waals surface area contributed by atoms with Crippen molar-refractivity contribution in [2.75, 3.05) is 37.6 Å². The van der Waals surface area contributed by atoms with Crippen LogP contribution in [0.3, 0.4) is 0 Å². The van der Waals surface area contributed by atoms with Crippen molar-refractivity contribution in [2.45, 2.75) is 4.90 Å². The Kier molecular flexibility index (Phi) is 5.58. The number of aromatic nitrogens is 4. The molecule has 3 heterocycles. The number of hydrogen-bond acceptors (Lipinski definition) is 7. The zero-order valence-corrected chi connectivity index (χ0v) is 17.7. The Hall–Kier alpha value is -3.49. The summed E-state index contributed by atoms with van der Waals surface area (Å²) in [6.45, 7) is 2.19. The lowest BCUT2D eigenvalue weighted by molar-refractivity contribution is 0.0746. The number of amides is 1. The number of rotatable bonds is 5. The molecule has 1 saturated heterocycles. The first-order chi connectivity index (χ1) is 14.9. The molecule has 1 fully saturated rings. The molecule has 3 aromatic rings. The van der Waals surface area contributed by atoms with E-state index in [9.17, 15) is 13.2 Å². The van der Waals surface area contributed by atoms with Crippen LogP contribution in [0.2, 0.25) is 0 Å². The monoisotopic (exact) mass is 439 g/mol. The van der Waals surface area contributed by atoms with Gasteiger partial charge in [0, 0.05) is 38.8 Å². The lowest BCUT2D eigenvalue weighted by Crippen LogP contribution is -2.49. The molecule has 0 atom stereocenters. The van der Waals surface area contributed by atoms with E-state index in [1.807, 2.05) is 7.05 Å². The van der Waals surface area contributed by atoms with E-state index in [2.05, 4.69) is 30.6 Å². The zero-order chi connectivity index (χ0) is 22.0. The number of piperazine rings is 1. The quantitative estimate of drug-likeness (QED) is 0.567. The number of aryl methyl sites for hydroxylation is 1. The van der Waals surface area contributed by atoms with Crippen molar-refractivity contribution in [2.24, 2.45) is 7.05 Å². The summed E-state index contributed by atoms with van der Waals surface area (Å²) in [5.41, 5.74) is 1.19. The number of terminal acetylenes is 1. The lowest BCUT2D eigenvalue weighted by Gasteiger charge is -2.35. The smallest absolute Gasteiger partial charge is 0.253 e. The number of fused-ring (bicyclic) bond motifs is 1. The molecule has 0 radical (unpaired) electrons. The Morgan fingerprint density at radius 1 is 1.16 bits per heavy atom. The van der Waals surface area contributed by atoms with Crippen molar-refractivity contribution < 1.29 is 13.2 Å². The van der Waals surface area contributed by atoms with Gasteiger partial charge in [-0.25, -0.2) is 18.4 Å². The zero-order valence-electron chi connectivity index (χ0n) is 16.9. The first-order valence-corrected chi connectivity index (χ1v) is 11.1. The third-order valence-corrected chi connectivity index (χ3v) is 6.57. The van der Waals surface area contributed by atoms with Crippen LogP contribution in [0.4, 0.5) is 5.82 Å². The summed E-state index contributed by atoms with van der Waals surface area (Å²) in [4.78, 5) is 25.5. The molecule has 4 rings (SSSR count). The molecule has 10 nitrogen and oxygen atoms in total. The van der Waals surface area contributed by atoms with Gasteiger partial charge in [-0.15, -0.1) is 6.42 Å². The number of carbonyl (C=O) groups excluding carboxylic acids is 1. The number of anilines is 1. The molecule has 0 saturated carbocycles.